The molecule has 0 bridgehead atoms. The lowest BCUT2D eigenvalue weighted by Gasteiger charge is -2.26. The zero-order chi connectivity index (χ0) is 24.2. The molecule has 0 aromatic heterocycles. The van der Waals surface area contributed by atoms with Crippen molar-refractivity contribution in [3.05, 3.63) is 95.1 Å². The lowest BCUT2D eigenvalue weighted by atomic mass is 9.94. The van der Waals surface area contributed by atoms with Crippen LogP contribution in [-0.4, -0.2) is 30.0 Å². The van der Waals surface area contributed by atoms with Gasteiger partial charge in [-0.3, -0.25) is 14.5 Å². The third-order valence-electron chi connectivity index (χ3n) is 5.67. The zero-order valence-corrected chi connectivity index (χ0v) is 19.4. The standard InChI is InChI=1S/C28H27NO5/c1-4-33-22-13-9-19(10-14-22)26(30)24-25(20-8-6-7-18(3)17-20)29(28(32)27(24)31)21-11-15-23(16-12-21)34-5-2/h6-17,25,30H,4-5H2,1-3H3/b26-24-. The summed E-state index contributed by atoms with van der Waals surface area (Å²) in [6.45, 7) is 6.77. The fourth-order valence-corrected chi connectivity index (χ4v) is 4.16. The number of benzene rings is 3. The van der Waals surface area contributed by atoms with E-state index in [0.717, 1.165) is 11.1 Å². The number of aliphatic hydroxyl groups excluding tert-OH is 1. The summed E-state index contributed by atoms with van der Waals surface area (Å²) in [7, 11) is 0. The quantitative estimate of drug-likeness (QED) is 0.291. The number of aryl methyl sites for hydroxylation is 1. The van der Waals surface area contributed by atoms with Crippen LogP contribution in [0.3, 0.4) is 0 Å². The van der Waals surface area contributed by atoms with Crippen molar-refractivity contribution in [2.75, 3.05) is 18.1 Å². The van der Waals surface area contributed by atoms with Crippen LogP contribution in [0.4, 0.5) is 5.69 Å². The molecule has 6 heteroatoms. The molecule has 1 N–H and O–H groups in total. The number of rotatable bonds is 7. The number of nitrogens with zero attached hydrogens (tertiary/aromatic N) is 1. The Labute approximate surface area is 199 Å². The summed E-state index contributed by atoms with van der Waals surface area (Å²) in [6.07, 6.45) is 0. The van der Waals surface area contributed by atoms with Crippen molar-refractivity contribution in [2.45, 2.75) is 26.8 Å². The second-order valence-electron chi connectivity index (χ2n) is 7.97. The summed E-state index contributed by atoms with van der Waals surface area (Å²) >= 11 is 0. The lowest BCUT2D eigenvalue weighted by molar-refractivity contribution is -0.132. The minimum atomic E-state index is -0.774. The molecule has 0 saturated carbocycles. The molecule has 1 atom stereocenters. The second kappa shape index (κ2) is 9.83. The van der Waals surface area contributed by atoms with Gasteiger partial charge in [-0.05, 0) is 74.9 Å². The number of hydrogen-bond donors (Lipinski definition) is 1. The first-order valence-corrected chi connectivity index (χ1v) is 11.3. The van der Waals surface area contributed by atoms with E-state index in [0.29, 0.717) is 36.0 Å². The summed E-state index contributed by atoms with van der Waals surface area (Å²) in [5, 5.41) is 11.2. The highest BCUT2D eigenvalue weighted by Crippen LogP contribution is 2.42. The van der Waals surface area contributed by atoms with E-state index in [2.05, 4.69) is 0 Å². The molecule has 0 spiro atoms. The molecule has 1 unspecified atom stereocenters. The van der Waals surface area contributed by atoms with Crippen LogP contribution >= 0.6 is 0 Å². The van der Waals surface area contributed by atoms with Gasteiger partial charge in [-0.15, -0.1) is 0 Å². The summed E-state index contributed by atoms with van der Waals surface area (Å²) in [5.41, 5.74) is 2.75. The van der Waals surface area contributed by atoms with Gasteiger partial charge >= 0.3 is 0 Å². The van der Waals surface area contributed by atoms with Gasteiger partial charge in [0.1, 0.15) is 17.3 Å². The molecule has 6 nitrogen and oxygen atoms in total. The smallest absolute Gasteiger partial charge is 0.300 e. The van der Waals surface area contributed by atoms with Crippen molar-refractivity contribution in [1.82, 2.24) is 0 Å². The van der Waals surface area contributed by atoms with E-state index in [1.165, 1.54) is 4.90 Å². The van der Waals surface area contributed by atoms with Gasteiger partial charge in [0, 0.05) is 11.3 Å². The summed E-state index contributed by atoms with van der Waals surface area (Å²) in [5.74, 6) is -0.315. The Balaban J connectivity index is 1.85. The maximum absolute atomic E-state index is 13.3. The number of carbonyl (C=O) groups is 2. The molecular formula is C28H27NO5. The molecule has 1 heterocycles. The molecule has 0 aliphatic carbocycles. The fraction of sp³-hybridized carbons (Fsp3) is 0.214. The van der Waals surface area contributed by atoms with Crippen LogP contribution in [0.15, 0.2) is 78.4 Å². The molecule has 4 rings (SSSR count). The number of ketones is 1. The first-order chi connectivity index (χ1) is 16.4. The Bertz CT molecular complexity index is 1230. The van der Waals surface area contributed by atoms with Gasteiger partial charge in [-0.25, -0.2) is 0 Å². The molecule has 0 radical (unpaired) electrons. The van der Waals surface area contributed by atoms with Crippen molar-refractivity contribution in [3.63, 3.8) is 0 Å². The average molecular weight is 458 g/mol. The molecule has 1 amide bonds. The SMILES string of the molecule is CCOc1ccc(/C(O)=C2/C(=O)C(=O)N(c3ccc(OCC)cc3)C2c2cccc(C)c2)cc1. The molecule has 1 aliphatic heterocycles. The number of ether oxygens (including phenoxy) is 2. The van der Waals surface area contributed by atoms with E-state index in [1.54, 1.807) is 48.5 Å². The van der Waals surface area contributed by atoms with Gasteiger partial charge < -0.3 is 14.6 Å². The zero-order valence-electron chi connectivity index (χ0n) is 19.4. The van der Waals surface area contributed by atoms with Crippen LogP contribution in [0.5, 0.6) is 11.5 Å². The van der Waals surface area contributed by atoms with Crippen LogP contribution in [0.25, 0.3) is 5.76 Å². The summed E-state index contributed by atoms with van der Waals surface area (Å²) in [6, 6.07) is 20.6. The van der Waals surface area contributed by atoms with E-state index in [4.69, 9.17) is 9.47 Å². The Hall–Kier alpha value is -4.06. The third kappa shape index (κ3) is 4.39. The van der Waals surface area contributed by atoms with Crippen LogP contribution in [0, 0.1) is 6.92 Å². The van der Waals surface area contributed by atoms with Gasteiger partial charge in [0.2, 0.25) is 0 Å². The van der Waals surface area contributed by atoms with E-state index in [9.17, 15) is 14.7 Å². The van der Waals surface area contributed by atoms with Crippen molar-refractivity contribution in [1.29, 1.82) is 0 Å². The Morgan fingerprint density at radius 1 is 0.882 bits per heavy atom. The highest BCUT2D eigenvalue weighted by atomic mass is 16.5. The molecule has 1 fully saturated rings. The first-order valence-electron chi connectivity index (χ1n) is 11.3. The van der Waals surface area contributed by atoms with Crippen molar-refractivity contribution >= 4 is 23.1 Å². The maximum Gasteiger partial charge on any atom is 0.300 e. The molecule has 34 heavy (non-hydrogen) atoms. The van der Waals surface area contributed by atoms with Gasteiger partial charge in [-0.1, -0.05) is 29.8 Å². The van der Waals surface area contributed by atoms with Gasteiger partial charge in [0.25, 0.3) is 11.7 Å². The fourth-order valence-electron chi connectivity index (χ4n) is 4.16. The highest BCUT2D eigenvalue weighted by Gasteiger charge is 2.47. The van der Waals surface area contributed by atoms with E-state index >= 15 is 0 Å². The normalized spacial score (nSPS) is 17.1. The lowest BCUT2D eigenvalue weighted by Crippen LogP contribution is -2.29. The Morgan fingerprint density at radius 3 is 2.03 bits per heavy atom. The second-order valence-corrected chi connectivity index (χ2v) is 7.97. The number of amides is 1. The molecule has 3 aromatic carbocycles. The molecule has 1 aliphatic rings. The summed E-state index contributed by atoms with van der Waals surface area (Å²) < 4.78 is 11.0. The predicted octanol–water partition coefficient (Wildman–Crippen LogP) is 5.42. The number of hydrogen-bond acceptors (Lipinski definition) is 5. The number of anilines is 1. The third-order valence-corrected chi connectivity index (χ3v) is 5.67. The van der Waals surface area contributed by atoms with Crippen LogP contribution in [-0.2, 0) is 9.59 Å². The number of aliphatic hydroxyl groups is 1. The van der Waals surface area contributed by atoms with Crippen LogP contribution in [0.2, 0.25) is 0 Å². The van der Waals surface area contributed by atoms with Crippen molar-refractivity contribution < 1.29 is 24.2 Å². The van der Waals surface area contributed by atoms with E-state index in [-0.39, 0.29) is 11.3 Å². The minimum Gasteiger partial charge on any atom is -0.507 e. The predicted molar refractivity (Wildman–Crippen MR) is 131 cm³/mol. The Kier molecular flexibility index (Phi) is 6.68. The average Bonchev–Trinajstić information content (AvgIpc) is 3.10. The minimum absolute atomic E-state index is 0.0497. The van der Waals surface area contributed by atoms with E-state index in [1.807, 2.05) is 45.0 Å². The summed E-state index contributed by atoms with van der Waals surface area (Å²) in [4.78, 5) is 27.9. The van der Waals surface area contributed by atoms with Gasteiger partial charge in [0.05, 0.1) is 24.8 Å². The monoisotopic (exact) mass is 457 g/mol. The topological polar surface area (TPSA) is 76.1 Å². The van der Waals surface area contributed by atoms with Crippen molar-refractivity contribution in [2.24, 2.45) is 0 Å². The molecular weight excluding hydrogens is 430 g/mol. The number of carbonyl (C=O) groups excluding carboxylic acids is 2. The largest absolute Gasteiger partial charge is 0.507 e. The van der Waals surface area contributed by atoms with Gasteiger partial charge in [0.15, 0.2) is 0 Å². The van der Waals surface area contributed by atoms with Crippen LogP contribution in [0.1, 0.15) is 36.6 Å². The van der Waals surface area contributed by atoms with Crippen LogP contribution < -0.4 is 14.4 Å². The number of Topliss-reactive ketones (excluding diaryl/α,β-unsaturated/α-hetero) is 1. The molecule has 1 saturated heterocycles. The Morgan fingerprint density at radius 2 is 1.47 bits per heavy atom. The van der Waals surface area contributed by atoms with Gasteiger partial charge in [-0.2, -0.15) is 0 Å². The molecule has 3 aromatic rings. The first kappa shape index (κ1) is 23.1. The molecule has 174 valence electrons. The highest BCUT2D eigenvalue weighted by molar-refractivity contribution is 6.51. The van der Waals surface area contributed by atoms with E-state index < -0.39 is 17.7 Å². The van der Waals surface area contributed by atoms with Crippen molar-refractivity contribution in [3.8, 4) is 11.5 Å². The maximum atomic E-state index is 13.3.